The van der Waals surface area contributed by atoms with Gasteiger partial charge in [0.05, 0.1) is 12.7 Å². The summed E-state index contributed by atoms with van der Waals surface area (Å²) in [6.45, 7) is 1.33. The van der Waals surface area contributed by atoms with E-state index in [0.717, 1.165) is 0 Å². The molecule has 0 amide bonds. The number of aliphatic hydroxyl groups excluding tert-OH is 1. The van der Waals surface area contributed by atoms with Gasteiger partial charge in [0, 0.05) is 19.2 Å². The Labute approximate surface area is 111 Å². The molecule has 1 unspecified atom stereocenters. The Hall–Kier alpha value is -2.08. The molecule has 0 fully saturated rings. The number of para-hydroxylation sites is 1. The number of nitrogens with one attached hydrogen (secondary N) is 1. The van der Waals surface area contributed by atoms with Gasteiger partial charge in [-0.05, 0) is 12.1 Å². The van der Waals surface area contributed by atoms with Gasteiger partial charge in [0.2, 0.25) is 0 Å². The number of methoxy groups -OCH3 is 1. The van der Waals surface area contributed by atoms with E-state index in [1.54, 1.807) is 24.3 Å². The summed E-state index contributed by atoms with van der Waals surface area (Å²) in [5, 5.41) is 12.5. The zero-order chi connectivity index (χ0) is 14.3. The second-order valence-corrected chi connectivity index (χ2v) is 3.87. The van der Waals surface area contributed by atoms with Crippen molar-refractivity contribution < 1.29 is 24.2 Å². The fourth-order valence-electron chi connectivity index (χ4n) is 1.43. The van der Waals surface area contributed by atoms with Gasteiger partial charge in [-0.2, -0.15) is 0 Å². The fourth-order valence-corrected chi connectivity index (χ4v) is 1.43. The van der Waals surface area contributed by atoms with Crippen LogP contribution in [-0.2, 0) is 14.3 Å². The number of carbonyl (C=O) groups excluding carboxylic acids is 2. The predicted octanol–water partition coefficient (Wildman–Crippen LogP) is 0.809. The van der Waals surface area contributed by atoms with Crippen molar-refractivity contribution in [1.29, 1.82) is 0 Å². The highest BCUT2D eigenvalue weighted by molar-refractivity contribution is 5.95. The van der Waals surface area contributed by atoms with Gasteiger partial charge in [-0.1, -0.05) is 12.1 Å². The summed E-state index contributed by atoms with van der Waals surface area (Å²) in [4.78, 5) is 22.1. The van der Waals surface area contributed by atoms with Gasteiger partial charge in [0.1, 0.15) is 12.7 Å². The second kappa shape index (κ2) is 7.38. The van der Waals surface area contributed by atoms with Crippen molar-refractivity contribution in [2.24, 2.45) is 0 Å². The summed E-state index contributed by atoms with van der Waals surface area (Å²) in [5.74, 6) is -0.911. The number of hydrogen-bond donors (Lipinski definition) is 2. The monoisotopic (exact) mass is 267 g/mol. The van der Waals surface area contributed by atoms with E-state index in [2.05, 4.69) is 14.8 Å². The van der Waals surface area contributed by atoms with Crippen molar-refractivity contribution in [3.05, 3.63) is 29.8 Å². The minimum absolute atomic E-state index is 0.0945. The molecule has 19 heavy (non-hydrogen) atoms. The van der Waals surface area contributed by atoms with Crippen molar-refractivity contribution in [1.82, 2.24) is 0 Å². The highest BCUT2D eigenvalue weighted by Gasteiger charge is 2.12. The lowest BCUT2D eigenvalue weighted by Crippen LogP contribution is -2.26. The van der Waals surface area contributed by atoms with E-state index in [4.69, 9.17) is 0 Å². The summed E-state index contributed by atoms with van der Waals surface area (Å²) in [7, 11) is 1.30. The van der Waals surface area contributed by atoms with Gasteiger partial charge in [0.25, 0.3) is 0 Å². The van der Waals surface area contributed by atoms with E-state index < -0.39 is 18.0 Å². The third kappa shape index (κ3) is 4.97. The molecule has 0 heterocycles. The third-order valence-electron chi connectivity index (χ3n) is 2.34. The molecule has 0 aliphatic rings. The molecule has 0 radical (unpaired) electrons. The maximum Gasteiger partial charge on any atom is 0.339 e. The number of carbonyl (C=O) groups is 2. The molecule has 0 aromatic heterocycles. The Morgan fingerprint density at radius 2 is 2.05 bits per heavy atom. The topological polar surface area (TPSA) is 84.9 Å². The van der Waals surface area contributed by atoms with Crippen molar-refractivity contribution in [3.63, 3.8) is 0 Å². The molecule has 0 saturated carbocycles. The predicted molar refractivity (Wildman–Crippen MR) is 68.9 cm³/mol. The van der Waals surface area contributed by atoms with Gasteiger partial charge in [-0.25, -0.2) is 4.79 Å². The molecule has 0 spiro atoms. The van der Waals surface area contributed by atoms with E-state index in [-0.39, 0.29) is 13.2 Å². The van der Waals surface area contributed by atoms with E-state index in [1.807, 2.05) is 0 Å². The van der Waals surface area contributed by atoms with Crippen molar-refractivity contribution in [2.45, 2.75) is 13.0 Å². The highest BCUT2D eigenvalue weighted by Crippen LogP contribution is 2.15. The number of anilines is 1. The average Bonchev–Trinajstić information content (AvgIpc) is 2.42. The molecule has 6 heteroatoms. The first-order chi connectivity index (χ1) is 9.04. The Morgan fingerprint density at radius 3 is 2.68 bits per heavy atom. The molecule has 0 saturated heterocycles. The van der Waals surface area contributed by atoms with Gasteiger partial charge < -0.3 is 19.9 Å². The molecule has 104 valence electrons. The summed E-state index contributed by atoms with van der Waals surface area (Å²) in [6, 6.07) is 6.79. The van der Waals surface area contributed by atoms with Crippen molar-refractivity contribution in [3.8, 4) is 0 Å². The summed E-state index contributed by atoms with van der Waals surface area (Å²) in [5.41, 5.74) is 0.931. The first-order valence-corrected chi connectivity index (χ1v) is 5.77. The largest absolute Gasteiger partial charge is 0.465 e. The number of hydrogen-bond acceptors (Lipinski definition) is 6. The zero-order valence-electron chi connectivity index (χ0n) is 10.9. The van der Waals surface area contributed by atoms with Crippen molar-refractivity contribution >= 4 is 17.6 Å². The lowest BCUT2D eigenvalue weighted by molar-refractivity contribution is -0.143. The minimum atomic E-state index is -0.852. The van der Waals surface area contributed by atoms with Crippen LogP contribution in [0.1, 0.15) is 17.3 Å². The van der Waals surface area contributed by atoms with Crippen LogP contribution in [0.3, 0.4) is 0 Å². The molecule has 0 aliphatic heterocycles. The summed E-state index contributed by atoms with van der Waals surface area (Å²) >= 11 is 0. The number of benzene rings is 1. The molecule has 1 atom stereocenters. The lowest BCUT2D eigenvalue weighted by Gasteiger charge is -2.14. The van der Waals surface area contributed by atoms with Crippen LogP contribution in [0.5, 0.6) is 0 Å². The number of aliphatic hydroxyl groups is 1. The first-order valence-electron chi connectivity index (χ1n) is 5.77. The first kappa shape index (κ1) is 15.0. The van der Waals surface area contributed by atoms with Crippen LogP contribution in [0.25, 0.3) is 0 Å². The van der Waals surface area contributed by atoms with Crippen LogP contribution in [-0.4, -0.2) is 43.4 Å². The van der Waals surface area contributed by atoms with Gasteiger partial charge in [0.15, 0.2) is 0 Å². The van der Waals surface area contributed by atoms with E-state index in [0.29, 0.717) is 11.3 Å². The number of rotatable bonds is 6. The highest BCUT2D eigenvalue weighted by atomic mass is 16.5. The molecular formula is C13H17NO5. The Bertz CT molecular complexity index is 446. The van der Waals surface area contributed by atoms with Gasteiger partial charge >= 0.3 is 11.9 Å². The third-order valence-corrected chi connectivity index (χ3v) is 2.34. The lowest BCUT2D eigenvalue weighted by atomic mass is 10.1. The second-order valence-electron chi connectivity index (χ2n) is 3.87. The Balaban J connectivity index is 2.57. The van der Waals surface area contributed by atoms with E-state index in [9.17, 15) is 14.7 Å². The Morgan fingerprint density at radius 1 is 1.37 bits per heavy atom. The summed E-state index contributed by atoms with van der Waals surface area (Å²) < 4.78 is 9.32. The number of esters is 2. The molecule has 1 rings (SSSR count). The SMILES string of the molecule is COC(=O)c1ccccc1NCC(O)COC(C)=O. The van der Waals surface area contributed by atoms with Crippen molar-refractivity contribution in [2.75, 3.05) is 25.6 Å². The number of ether oxygens (including phenoxy) is 2. The average molecular weight is 267 g/mol. The minimum Gasteiger partial charge on any atom is -0.465 e. The summed E-state index contributed by atoms with van der Waals surface area (Å²) in [6.07, 6.45) is -0.852. The molecule has 0 aliphatic carbocycles. The van der Waals surface area contributed by atoms with Crippen LogP contribution in [0.4, 0.5) is 5.69 Å². The van der Waals surface area contributed by atoms with E-state index >= 15 is 0 Å². The standard InChI is InChI=1S/C13H17NO5/c1-9(15)19-8-10(16)7-14-12-6-4-3-5-11(12)13(17)18-2/h3-6,10,14,16H,7-8H2,1-2H3. The molecule has 1 aromatic carbocycles. The van der Waals surface area contributed by atoms with Gasteiger partial charge in [-0.15, -0.1) is 0 Å². The van der Waals surface area contributed by atoms with Gasteiger partial charge in [-0.3, -0.25) is 4.79 Å². The quantitative estimate of drug-likeness (QED) is 0.742. The zero-order valence-corrected chi connectivity index (χ0v) is 10.9. The van der Waals surface area contributed by atoms with Crippen LogP contribution in [0.15, 0.2) is 24.3 Å². The normalized spacial score (nSPS) is 11.5. The molecule has 0 bridgehead atoms. The maximum absolute atomic E-state index is 11.5. The Kier molecular flexibility index (Phi) is 5.81. The smallest absolute Gasteiger partial charge is 0.339 e. The molecular weight excluding hydrogens is 250 g/mol. The van der Waals surface area contributed by atoms with Crippen LogP contribution >= 0.6 is 0 Å². The maximum atomic E-state index is 11.5. The molecule has 1 aromatic rings. The van der Waals surface area contributed by atoms with E-state index in [1.165, 1.54) is 14.0 Å². The van der Waals surface area contributed by atoms with Crippen LogP contribution in [0.2, 0.25) is 0 Å². The molecule has 2 N–H and O–H groups in total. The fraction of sp³-hybridized carbons (Fsp3) is 0.385. The molecule has 6 nitrogen and oxygen atoms in total. The van der Waals surface area contributed by atoms with Crippen LogP contribution < -0.4 is 5.32 Å². The van der Waals surface area contributed by atoms with Crippen LogP contribution in [0, 0.1) is 0 Å².